The first-order chi connectivity index (χ1) is 4.27. The molecule has 0 saturated carbocycles. The molecule has 0 aliphatic carbocycles. The van der Waals surface area contributed by atoms with Crippen LogP contribution in [0.1, 0.15) is 19.8 Å². The molecule has 0 saturated heterocycles. The van der Waals surface area contributed by atoms with Gasteiger partial charge in [-0.15, -0.1) is 0 Å². The maximum Gasteiger partial charge on any atom is 0.185 e. The first kappa shape index (κ1) is 8.27. The van der Waals surface area contributed by atoms with E-state index in [0.29, 0.717) is 0 Å². The third-order valence-electron chi connectivity index (χ3n) is 0.953. The Morgan fingerprint density at radius 2 is 2.44 bits per heavy atom. The van der Waals surface area contributed by atoms with Crippen molar-refractivity contribution in [2.24, 2.45) is 5.73 Å². The maximum absolute atomic E-state index is 6.78. The summed E-state index contributed by atoms with van der Waals surface area (Å²) < 4.78 is 0. The zero-order chi connectivity index (χ0) is 7.11. The van der Waals surface area contributed by atoms with E-state index >= 15 is 0 Å². The molecule has 0 aromatic carbocycles. The fourth-order valence-corrected chi connectivity index (χ4v) is 0.513. The van der Waals surface area contributed by atoms with Crippen LogP contribution in [0.2, 0.25) is 0 Å². The maximum atomic E-state index is 6.78. The topological polar surface area (TPSA) is 61.9 Å². The molecular formula is C6H14N3. The molecule has 0 aliphatic rings. The molecule has 0 amide bonds. The first-order valence-corrected chi connectivity index (χ1v) is 3.17. The van der Waals surface area contributed by atoms with Gasteiger partial charge in [-0.3, -0.25) is 5.41 Å². The minimum atomic E-state index is 0.0551. The van der Waals surface area contributed by atoms with Crippen LogP contribution >= 0.6 is 0 Å². The highest BCUT2D eigenvalue weighted by Crippen LogP contribution is 1.88. The second-order valence-corrected chi connectivity index (χ2v) is 1.83. The largest absolute Gasteiger partial charge is 0.370 e. The Hall–Kier alpha value is -0.730. The van der Waals surface area contributed by atoms with Gasteiger partial charge in [0.15, 0.2) is 5.96 Å². The van der Waals surface area contributed by atoms with Gasteiger partial charge in [0.05, 0.1) is 0 Å². The van der Waals surface area contributed by atoms with Crippen molar-refractivity contribution in [3.63, 3.8) is 0 Å². The Bertz CT molecular complexity index is 80.4. The van der Waals surface area contributed by atoms with Crippen LogP contribution in [0.25, 0.3) is 0 Å². The molecule has 0 fully saturated rings. The molecule has 9 heavy (non-hydrogen) atoms. The van der Waals surface area contributed by atoms with Gasteiger partial charge < -0.3 is 11.1 Å². The van der Waals surface area contributed by atoms with E-state index in [1.54, 1.807) is 0 Å². The van der Waals surface area contributed by atoms with E-state index in [1.807, 2.05) is 0 Å². The Labute approximate surface area is 56.1 Å². The number of guanidine groups is 1. The summed E-state index contributed by atoms with van der Waals surface area (Å²) in [5.74, 6) is 0.0551. The van der Waals surface area contributed by atoms with E-state index in [-0.39, 0.29) is 5.96 Å². The zero-order valence-electron chi connectivity index (χ0n) is 5.78. The van der Waals surface area contributed by atoms with E-state index < -0.39 is 0 Å². The minimum Gasteiger partial charge on any atom is -0.370 e. The van der Waals surface area contributed by atoms with Crippen molar-refractivity contribution in [3.8, 4) is 0 Å². The number of hydrogen-bond donors (Lipinski definition) is 3. The zero-order valence-corrected chi connectivity index (χ0v) is 5.78. The molecule has 3 heteroatoms. The molecule has 3 nitrogen and oxygen atoms in total. The molecule has 4 N–H and O–H groups in total. The summed E-state index contributed by atoms with van der Waals surface area (Å²) in [6, 6.07) is 0. The van der Waals surface area contributed by atoms with Crippen molar-refractivity contribution in [1.82, 2.24) is 5.32 Å². The van der Waals surface area contributed by atoms with Gasteiger partial charge in [0.25, 0.3) is 0 Å². The first-order valence-electron chi connectivity index (χ1n) is 3.17. The SMILES string of the molecule is CC[CH]CCNC(=N)N. The van der Waals surface area contributed by atoms with Gasteiger partial charge in [0, 0.05) is 6.54 Å². The van der Waals surface area contributed by atoms with Crippen molar-refractivity contribution in [1.29, 1.82) is 5.41 Å². The molecule has 0 spiro atoms. The van der Waals surface area contributed by atoms with Gasteiger partial charge >= 0.3 is 0 Å². The van der Waals surface area contributed by atoms with Crippen molar-refractivity contribution in [2.45, 2.75) is 19.8 Å². The smallest absolute Gasteiger partial charge is 0.185 e. The lowest BCUT2D eigenvalue weighted by molar-refractivity contribution is 0.812. The van der Waals surface area contributed by atoms with Crippen molar-refractivity contribution >= 4 is 5.96 Å². The van der Waals surface area contributed by atoms with Crippen LogP contribution in [0.15, 0.2) is 0 Å². The molecule has 0 aromatic heterocycles. The van der Waals surface area contributed by atoms with E-state index in [2.05, 4.69) is 18.7 Å². The molecule has 0 unspecified atom stereocenters. The van der Waals surface area contributed by atoms with E-state index in [9.17, 15) is 0 Å². The van der Waals surface area contributed by atoms with E-state index in [4.69, 9.17) is 11.1 Å². The van der Waals surface area contributed by atoms with Crippen LogP contribution in [0.5, 0.6) is 0 Å². The third kappa shape index (κ3) is 7.27. The van der Waals surface area contributed by atoms with Crippen molar-refractivity contribution < 1.29 is 0 Å². The predicted molar refractivity (Wildman–Crippen MR) is 39.1 cm³/mol. The summed E-state index contributed by atoms with van der Waals surface area (Å²) in [5, 5.41) is 9.49. The Kier molecular flexibility index (Phi) is 4.97. The van der Waals surface area contributed by atoms with Crippen LogP contribution in [-0.4, -0.2) is 12.5 Å². The average Bonchev–Trinajstić information content (AvgIpc) is 1.80. The van der Waals surface area contributed by atoms with Crippen LogP contribution < -0.4 is 11.1 Å². The number of hydrogen-bond acceptors (Lipinski definition) is 1. The Balaban J connectivity index is 2.83. The molecule has 0 aromatic rings. The van der Waals surface area contributed by atoms with Gasteiger partial charge in [-0.05, 0) is 12.8 Å². The Morgan fingerprint density at radius 3 is 2.89 bits per heavy atom. The quantitative estimate of drug-likeness (QED) is 0.293. The molecule has 0 atom stereocenters. The summed E-state index contributed by atoms with van der Waals surface area (Å²) in [7, 11) is 0. The lowest BCUT2D eigenvalue weighted by Gasteiger charge is -2.00. The number of nitrogens with one attached hydrogen (secondary N) is 2. The third-order valence-corrected chi connectivity index (χ3v) is 0.953. The van der Waals surface area contributed by atoms with Crippen molar-refractivity contribution in [3.05, 3.63) is 6.42 Å². The fraction of sp³-hybridized carbons (Fsp3) is 0.667. The standard InChI is InChI=1S/C6H14N3/c1-2-3-4-5-9-6(7)8/h3H,2,4-5H2,1H3,(H4,7,8,9). The summed E-state index contributed by atoms with van der Waals surface area (Å²) in [5.41, 5.74) is 5.03. The molecule has 53 valence electrons. The van der Waals surface area contributed by atoms with E-state index in [0.717, 1.165) is 19.4 Å². The molecule has 0 aliphatic heterocycles. The summed E-state index contributed by atoms with van der Waals surface area (Å²) in [4.78, 5) is 0. The number of unbranched alkanes of at least 4 members (excludes halogenated alkanes) is 2. The van der Waals surface area contributed by atoms with Crippen LogP contribution in [0.4, 0.5) is 0 Å². The van der Waals surface area contributed by atoms with Crippen molar-refractivity contribution in [2.75, 3.05) is 6.54 Å². The van der Waals surface area contributed by atoms with Crippen LogP contribution in [0, 0.1) is 11.8 Å². The number of rotatable bonds is 4. The predicted octanol–water partition coefficient (Wildman–Crippen LogP) is 0.474. The highest BCUT2D eigenvalue weighted by molar-refractivity contribution is 5.74. The average molecular weight is 128 g/mol. The number of nitrogens with two attached hydrogens (primary N) is 1. The summed E-state index contributed by atoms with van der Waals surface area (Å²) in [6.45, 7) is 2.87. The van der Waals surface area contributed by atoms with Crippen LogP contribution in [-0.2, 0) is 0 Å². The normalized spacial score (nSPS) is 9.00. The monoisotopic (exact) mass is 128 g/mol. The van der Waals surface area contributed by atoms with Gasteiger partial charge in [0.2, 0.25) is 0 Å². The highest BCUT2D eigenvalue weighted by Gasteiger charge is 1.85. The summed E-state index contributed by atoms with van der Waals surface area (Å²) in [6.07, 6.45) is 4.21. The fourth-order valence-electron chi connectivity index (χ4n) is 0.513. The molecule has 0 heterocycles. The second-order valence-electron chi connectivity index (χ2n) is 1.83. The minimum absolute atomic E-state index is 0.0551. The lowest BCUT2D eigenvalue weighted by atomic mass is 10.2. The van der Waals surface area contributed by atoms with Crippen LogP contribution in [0.3, 0.4) is 0 Å². The molecular weight excluding hydrogens is 114 g/mol. The lowest BCUT2D eigenvalue weighted by Crippen LogP contribution is -2.30. The van der Waals surface area contributed by atoms with Gasteiger partial charge in [-0.25, -0.2) is 0 Å². The van der Waals surface area contributed by atoms with Gasteiger partial charge in [-0.2, -0.15) is 0 Å². The highest BCUT2D eigenvalue weighted by atomic mass is 15.0. The summed E-state index contributed by atoms with van der Waals surface area (Å²) >= 11 is 0. The molecule has 0 bridgehead atoms. The molecule has 1 radical (unpaired) electrons. The second kappa shape index (κ2) is 5.41. The van der Waals surface area contributed by atoms with Gasteiger partial charge in [-0.1, -0.05) is 13.3 Å². The van der Waals surface area contributed by atoms with E-state index in [1.165, 1.54) is 0 Å². The Morgan fingerprint density at radius 1 is 1.78 bits per heavy atom. The van der Waals surface area contributed by atoms with Gasteiger partial charge in [0.1, 0.15) is 0 Å². The molecule has 0 rings (SSSR count).